The molecule has 1 aliphatic rings. The third-order valence-electron chi connectivity index (χ3n) is 3.51. The van der Waals surface area contributed by atoms with Crippen LogP contribution in [0.15, 0.2) is 23.1 Å². The van der Waals surface area contributed by atoms with Gasteiger partial charge in [0.2, 0.25) is 10.0 Å². The molecule has 0 saturated heterocycles. The van der Waals surface area contributed by atoms with Crippen molar-refractivity contribution in [2.24, 2.45) is 5.92 Å². The Balaban J connectivity index is 2.37. The molecule has 0 radical (unpaired) electrons. The molecular formula is C12H17ClN2O2S. The Kier molecular flexibility index (Phi) is 3.58. The zero-order valence-electron chi connectivity index (χ0n) is 10.4. The van der Waals surface area contributed by atoms with Crippen molar-refractivity contribution in [1.29, 1.82) is 0 Å². The van der Waals surface area contributed by atoms with Gasteiger partial charge in [-0.05, 0) is 43.9 Å². The molecule has 1 saturated carbocycles. The van der Waals surface area contributed by atoms with E-state index in [1.807, 2.05) is 6.92 Å². The fraction of sp³-hybridized carbons (Fsp3) is 0.500. The Morgan fingerprint density at radius 1 is 1.44 bits per heavy atom. The number of nitrogens with two attached hydrogens (primary N) is 1. The van der Waals surface area contributed by atoms with Crippen LogP contribution in [0.25, 0.3) is 0 Å². The number of anilines is 1. The summed E-state index contributed by atoms with van der Waals surface area (Å²) in [5, 5.41) is 0.371. The number of sulfonamides is 1. The van der Waals surface area contributed by atoms with Gasteiger partial charge in [-0.3, -0.25) is 0 Å². The fourth-order valence-electron chi connectivity index (χ4n) is 1.98. The van der Waals surface area contributed by atoms with Gasteiger partial charge < -0.3 is 5.73 Å². The van der Waals surface area contributed by atoms with E-state index in [1.54, 1.807) is 13.1 Å². The third-order valence-corrected chi connectivity index (χ3v) is 5.75. The molecule has 2 rings (SSSR count). The van der Waals surface area contributed by atoms with Crippen LogP contribution in [0.3, 0.4) is 0 Å². The maximum absolute atomic E-state index is 12.5. The van der Waals surface area contributed by atoms with Crippen molar-refractivity contribution in [3.05, 3.63) is 23.2 Å². The molecule has 0 spiro atoms. The predicted octanol–water partition coefficient (Wildman–Crippen LogP) is 2.34. The minimum absolute atomic E-state index is 0.00613. The highest BCUT2D eigenvalue weighted by Gasteiger charge is 2.36. The van der Waals surface area contributed by atoms with E-state index < -0.39 is 10.0 Å². The summed E-state index contributed by atoms with van der Waals surface area (Å²) in [4.78, 5) is 0.0880. The number of hydrogen-bond donors (Lipinski definition) is 1. The summed E-state index contributed by atoms with van der Waals surface area (Å²) < 4.78 is 26.3. The summed E-state index contributed by atoms with van der Waals surface area (Å²) in [6.45, 7) is 1.93. The summed E-state index contributed by atoms with van der Waals surface area (Å²) in [5.74, 6) is 0.463. The fourth-order valence-corrected chi connectivity index (χ4v) is 3.78. The van der Waals surface area contributed by atoms with E-state index in [0.29, 0.717) is 10.9 Å². The number of nitrogen functional groups attached to an aromatic ring is 1. The van der Waals surface area contributed by atoms with Crippen LogP contribution in [0.2, 0.25) is 5.02 Å². The van der Waals surface area contributed by atoms with Crippen molar-refractivity contribution in [2.45, 2.75) is 30.7 Å². The molecule has 4 nitrogen and oxygen atoms in total. The first-order valence-corrected chi connectivity index (χ1v) is 7.69. The van der Waals surface area contributed by atoms with Crippen molar-refractivity contribution in [1.82, 2.24) is 4.31 Å². The van der Waals surface area contributed by atoms with Crippen molar-refractivity contribution in [3.8, 4) is 0 Å². The Bertz CT molecular complexity index is 555. The largest absolute Gasteiger partial charge is 0.398 e. The maximum Gasteiger partial charge on any atom is 0.245 e. The van der Waals surface area contributed by atoms with E-state index >= 15 is 0 Å². The van der Waals surface area contributed by atoms with Crippen LogP contribution in [0.4, 0.5) is 5.69 Å². The number of hydrogen-bond acceptors (Lipinski definition) is 3. The lowest BCUT2D eigenvalue weighted by Crippen LogP contribution is -2.36. The van der Waals surface area contributed by atoms with E-state index in [0.717, 1.165) is 12.8 Å². The highest BCUT2D eigenvalue weighted by atomic mass is 35.5. The van der Waals surface area contributed by atoms with Crippen LogP contribution < -0.4 is 5.73 Å². The van der Waals surface area contributed by atoms with Gasteiger partial charge in [-0.2, -0.15) is 4.31 Å². The number of halogens is 1. The molecular weight excluding hydrogens is 272 g/mol. The zero-order valence-corrected chi connectivity index (χ0v) is 12.0. The van der Waals surface area contributed by atoms with Crippen LogP contribution >= 0.6 is 11.6 Å². The molecule has 1 atom stereocenters. The molecule has 0 bridgehead atoms. The molecule has 1 aromatic rings. The van der Waals surface area contributed by atoms with Crippen LogP contribution in [-0.4, -0.2) is 25.8 Å². The van der Waals surface area contributed by atoms with Crippen molar-refractivity contribution in [2.75, 3.05) is 12.8 Å². The third kappa shape index (κ3) is 2.48. The monoisotopic (exact) mass is 288 g/mol. The summed E-state index contributed by atoms with van der Waals surface area (Å²) in [6.07, 6.45) is 2.18. The predicted molar refractivity (Wildman–Crippen MR) is 73.0 cm³/mol. The molecule has 0 heterocycles. The molecule has 1 aliphatic carbocycles. The lowest BCUT2D eigenvalue weighted by Gasteiger charge is -2.24. The molecule has 100 valence electrons. The van der Waals surface area contributed by atoms with E-state index in [2.05, 4.69) is 0 Å². The molecule has 1 fully saturated rings. The second-order valence-electron chi connectivity index (χ2n) is 4.78. The molecule has 18 heavy (non-hydrogen) atoms. The zero-order chi connectivity index (χ0) is 13.5. The summed E-state index contributed by atoms with van der Waals surface area (Å²) >= 11 is 5.84. The average Bonchev–Trinajstić information content (AvgIpc) is 3.14. The van der Waals surface area contributed by atoms with Gasteiger partial charge in [0.05, 0.1) is 5.69 Å². The van der Waals surface area contributed by atoms with Gasteiger partial charge in [0, 0.05) is 18.1 Å². The summed E-state index contributed by atoms with van der Waals surface area (Å²) in [5.41, 5.74) is 5.97. The molecule has 1 unspecified atom stereocenters. The van der Waals surface area contributed by atoms with Gasteiger partial charge >= 0.3 is 0 Å². The normalized spacial score (nSPS) is 18.0. The average molecular weight is 289 g/mol. The molecule has 1 aromatic carbocycles. The van der Waals surface area contributed by atoms with Crippen molar-refractivity contribution in [3.63, 3.8) is 0 Å². The van der Waals surface area contributed by atoms with E-state index in [9.17, 15) is 8.42 Å². The second-order valence-corrected chi connectivity index (χ2v) is 7.18. The lowest BCUT2D eigenvalue weighted by molar-refractivity contribution is 0.357. The van der Waals surface area contributed by atoms with Crippen LogP contribution in [-0.2, 0) is 10.0 Å². The van der Waals surface area contributed by atoms with Gasteiger partial charge in [-0.15, -0.1) is 0 Å². The van der Waals surface area contributed by atoms with Gasteiger partial charge in [-0.25, -0.2) is 8.42 Å². The summed E-state index contributed by atoms with van der Waals surface area (Å²) in [7, 11) is -1.98. The molecule has 0 aromatic heterocycles. The molecule has 2 N–H and O–H groups in total. The smallest absolute Gasteiger partial charge is 0.245 e. The van der Waals surface area contributed by atoms with Gasteiger partial charge in [-0.1, -0.05) is 11.6 Å². The van der Waals surface area contributed by atoms with E-state index in [1.165, 1.54) is 16.4 Å². The van der Waals surface area contributed by atoms with Crippen LogP contribution in [0.1, 0.15) is 19.8 Å². The number of benzene rings is 1. The Hall–Kier alpha value is -0.780. The molecule has 0 amide bonds. The topological polar surface area (TPSA) is 63.4 Å². The number of nitrogens with zero attached hydrogens (tertiary/aromatic N) is 1. The standard InChI is InChI=1S/C12H17ClN2O2S/c1-8(9-3-4-9)15(2)18(16,17)12-7-10(13)5-6-11(12)14/h5-9H,3-4,14H2,1-2H3. The SMILES string of the molecule is CC(C1CC1)N(C)S(=O)(=O)c1cc(Cl)ccc1N. The number of rotatable bonds is 4. The minimum atomic E-state index is -3.57. The first-order valence-electron chi connectivity index (χ1n) is 5.87. The quantitative estimate of drug-likeness (QED) is 0.865. The lowest BCUT2D eigenvalue weighted by atomic mass is 10.2. The first-order chi connectivity index (χ1) is 8.34. The Morgan fingerprint density at radius 3 is 2.61 bits per heavy atom. The highest BCUT2D eigenvalue weighted by molar-refractivity contribution is 7.89. The van der Waals surface area contributed by atoms with E-state index in [4.69, 9.17) is 17.3 Å². The van der Waals surface area contributed by atoms with Crippen LogP contribution in [0.5, 0.6) is 0 Å². The van der Waals surface area contributed by atoms with Gasteiger partial charge in [0.15, 0.2) is 0 Å². The van der Waals surface area contributed by atoms with Crippen LogP contribution in [0, 0.1) is 5.92 Å². The van der Waals surface area contributed by atoms with E-state index in [-0.39, 0.29) is 16.6 Å². The maximum atomic E-state index is 12.5. The summed E-state index contributed by atoms with van der Waals surface area (Å²) in [6, 6.07) is 4.50. The Morgan fingerprint density at radius 2 is 2.06 bits per heavy atom. The second kappa shape index (κ2) is 4.72. The molecule has 0 aliphatic heterocycles. The first kappa shape index (κ1) is 13.6. The highest BCUT2D eigenvalue weighted by Crippen LogP contribution is 2.37. The van der Waals surface area contributed by atoms with Gasteiger partial charge in [0.25, 0.3) is 0 Å². The van der Waals surface area contributed by atoms with Crippen molar-refractivity contribution >= 4 is 27.3 Å². The Labute approximate surface area is 113 Å². The molecule has 6 heteroatoms. The minimum Gasteiger partial charge on any atom is -0.398 e. The van der Waals surface area contributed by atoms with Crippen molar-refractivity contribution < 1.29 is 8.42 Å². The van der Waals surface area contributed by atoms with Gasteiger partial charge in [0.1, 0.15) is 4.90 Å².